The molecule has 0 bridgehead atoms. The molecule has 3 heteroatoms. The molecule has 3 nitrogen and oxygen atoms in total. The first-order valence-electron chi connectivity index (χ1n) is 6.57. The van der Waals surface area contributed by atoms with Crippen molar-refractivity contribution < 1.29 is 9.53 Å². The Kier molecular flexibility index (Phi) is 3.25. The second-order valence-corrected chi connectivity index (χ2v) is 4.62. The van der Waals surface area contributed by atoms with E-state index in [4.69, 9.17) is 4.74 Å². The fourth-order valence-electron chi connectivity index (χ4n) is 2.33. The summed E-state index contributed by atoms with van der Waals surface area (Å²) < 4.78 is 5.72. The van der Waals surface area contributed by atoms with Gasteiger partial charge < -0.3 is 9.72 Å². The number of benzene rings is 2. The lowest BCUT2D eigenvalue weighted by atomic mass is 10.1. The van der Waals surface area contributed by atoms with Crippen molar-refractivity contribution in [1.82, 2.24) is 4.98 Å². The number of ether oxygens (including phenoxy) is 1. The Morgan fingerprint density at radius 1 is 1.15 bits per heavy atom. The first-order chi connectivity index (χ1) is 9.79. The lowest BCUT2D eigenvalue weighted by Gasteiger charge is -2.05. The van der Waals surface area contributed by atoms with Crippen LogP contribution < -0.4 is 4.74 Å². The van der Waals surface area contributed by atoms with Crippen molar-refractivity contribution >= 4 is 27.6 Å². The van der Waals surface area contributed by atoms with Crippen molar-refractivity contribution in [1.29, 1.82) is 0 Å². The van der Waals surface area contributed by atoms with Crippen LogP contribution in [0.25, 0.3) is 21.8 Å². The number of H-pyrrole nitrogens is 1. The predicted molar refractivity (Wildman–Crippen MR) is 81.1 cm³/mol. The van der Waals surface area contributed by atoms with E-state index in [0.717, 1.165) is 22.2 Å². The number of rotatable bonds is 5. The molecule has 3 aromatic rings. The molecule has 0 amide bonds. The van der Waals surface area contributed by atoms with E-state index in [9.17, 15) is 4.79 Å². The van der Waals surface area contributed by atoms with Crippen LogP contribution in [-0.4, -0.2) is 17.4 Å². The Balaban J connectivity index is 1.95. The van der Waals surface area contributed by atoms with Crippen molar-refractivity contribution in [2.45, 2.75) is 6.42 Å². The van der Waals surface area contributed by atoms with E-state index < -0.39 is 0 Å². The summed E-state index contributed by atoms with van der Waals surface area (Å²) >= 11 is 0. The molecule has 1 aromatic heterocycles. The molecule has 0 aliphatic carbocycles. The third kappa shape index (κ3) is 2.18. The van der Waals surface area contributed by atoms with Crippen LogP contribution in [0.3, 0.4) is 0 Å². The highest BCUT2D eigenvalue weighted by atomic mass is 16.5. The molecule has 1 heterocycles. The zero-order chi connectivity index (χ0) is 13.9. The summed E-state index contributed by atoms with van der Waals surface area (Å²) in [5, 5.41) is 2.31. The summed E-state index contributed by atoms with van der Waals surface area (Å²) in [6.45, 7) is 3.81. The van der Waals surface area contributed by atoms with Gasteiger partial charge in [0.05, 0.1) is 12.1 Å². The van der Waals surface area contributed by atoms with E-state index in [1.165, 1.54) is 11.5 Å². The summed E-state index contributed by atoms with van der Waals surface area (Å²) in [6, 6.07) is 14.1. The summed E-state index contributed by atoms with van der Waals surface area (Å²) in [6.07, 6.45) is 1.67. The molecule has 0 spiro atoms. The minimum atomic E-state index is -0.00572. The molecule has 0 aliphatic rings. The maximum atomic E-state index is 11.2. The van der Waals surface area contributed by atoms with Crippen LogP contribution >= 0.6 is 0 Å². The fraction of sp³-hybridized carbons (Fsp3) is 0.118. The average molecular weight is 265 g/mol. The summed E-state index contributed by atoms with van der Waals surface area (Å²) in [4.78, 5) is 14.6. The quantitative estimate of drug-likeness (QED) is 0.712. The molecular weight excluding hydrogens is 250 g/mol. The molecule has 2 aromatic carbocycles. The van der Waals surface area contributed by atoms with Crippen molar-refractivity contribution in [3.8, 4) is 5.75 Å². The number of aromatic amines is 1. The lowest BCUT2D eigenvalue weighted by Crippen LogP contribution is -2.03. The molecule has 3 rings (SSSR count). The molecule has 0 radical (unpaired) electrons. The molecule has 100 valence electrons. The van der Waals surface area contributed by atoms with Crippen molar-refractivity contribution in [3.05, 3.63) is 55.1 Å². The fourth-order valence-corrected chi connectivity index (χ4v) is 2.33. The van der Waals surface area contributed by atoms with Gasteiger partial charge in [0.1, 0.15) is 5.75 Å². The minimum absolute atomic E-state index is 0.00572. The number of allylic oxidation sites excluding steroid dienone is 1. The number of aromatic nitrogens is 1. The van der Waals surface area contributed by atoms with Gasteiger partial charge in [0.25, 0.3) is 0 Å². The number of hydrogen-bond acceptors (Lipinski definition) is 2. The normalized spacial score (nSPS) is 10.8. The first kappa shape index (κ1) is 12.5. The van der Waals surface area contributed by atoms with Crippen molar-refractivity contribution in [3.63, 3.8) is 0 Å². The van der Waals surface area contributed by atoms with Crippen LogP contribution in [0, 0.1) is 0 Å². The molecule has 0 fully saturated rings. The first-order valence-corrected chi connectivity index (χ1v) is 6.57. The Morgan fingerprint density at radius 2 is 1.95 bits per heavy atom. The van der Waals surface area contributed by atoms with E-state index in [-0.39, 0.29) is 5.78 Å². The van der Waals surface area contributed by atoms with Gasteiger partial charge in [-0.05, 0) is 18.2 Å². The Bertz CT molecular complexity index is 786. The van der Waals surface area contributed by atoms with Crippen LogP contribution in [0.5, 0.6) is 5.75 Å². The molecule has 1 N–H and O–H groups in total. The average Bonchev–Trinajstić information content (AvgIpc) is 2.86. The molecule has 0 saturated heterocycles. The number of hydrogen-bond donors (Lipinski definition) is 1. The van der Waals surface area contributed by atoms with Crippen LogP contribution in [0.4, 0.5) is 0 Å². The smallest absolute Gasteiger partial charge is 0.158 e. The van der Waals surface area contributed by atoms with Gasteiger partial charge in [0.2, 0.25) is 0 Å². The number of fused-ring (bicyclic) bond motifs is 3. The number of para-hydroxylation sites is 2. The Hall–Kier alpha value is -2.55. The SMILES string of the molecule is C=CC(=O)CCOc1cccc2c1[nH]c1ccccc12. The van der Waals surface area contributed by atoms with E-state index in [1.54, 1.807) is 0 Å². The third-order valence-electron chi connectivity index (χ3n) is 3.34. The summed E-state index contributed by atoms with van der Waals surface area (Å²) in [5.74, 6) is 0.768. The van der Waals surface area contributed by atoms with Crippen LogP contribution in [0.2, 0.25) is 0 Å². The number of carbonyl (C=O) groups excluding carboxylic acids is 1. The standard InChI is InChI=1S/C17H15NO2/c1-2-12(19)10-11-20-16-9-5-7-14-13-6-3-4-8-15(13)18-17(14)16/h2-9,18H,1,10-11H2. The van der Waals surface area contributed by atoms with Gasteiger partial charge in [-0.15, -0.1) is 0 Å². The number of ketones is 1. The van der Waals surface area contributed by atoms with E-state index in [2.05, 4.69) is 23.7 Å². The van der Waals surface area contributed by atoms with Gasteiger partial charge in [0.15, 0.2) is 5.78 Å². The molecule has 0 saturated carbocycles. The highest BCUT2D eigenvalue weighted by Crippen LogP contribution is 2.31. The molecular formula is C17H15NO2. The largest absolute Gasteiger partial charge is 0.491 e. The van der Waals surface area contributed by atoms with Gasteiger partial charge in [-0.3, -0.25) is 4.79 Å². The van der Waals surface area contributed by atoms with E-state index in [0.29, 0.717) is 13.0 Å². The summed E-state index contributed by atoms with van der Waals surface area (Å²) in [5.41, 5.74) is 2.06. The Labute approximate surface area is 116 Å². The second kappa shape index (κ2) is 5.21. The van der Waals surface area contributed by atoms with Gasteiger partial charge in [-0.25, -0.2) is 0 Å². The van der Waals surface area contributed by atoms with E-state index >= 15 is 0 Å². The second-order valence-electron chi connectivity index (χ2n) is 4.62. The lowest BCUT2D eigenvalue weighted by molar-refractivity contribution is -0.115. The summed E-state index contributed by atoms with van der Waals surface area (Å²) in [7, 11) is 0. The van der Waals surface area contributed by atoms with Crippen molar-refractivity contribution in [2.75, 3.05) is 6.61 Å². The van der Waals surface area contributed by atoms with Gasteiger partial charge in [0, 0.05) is 22.7 Å². The van der Waals surface area contributed by atoms with E-state index in [1.807, 2.05) is 30.3 Å². The number of nitrogens with one attached hydrogen (secondary N) is 1. The van der Waals surface area contributed by atoms with Crippen LogP contribution in [-0.2, 0) is 4.79 Å². The Morgan fingerprint density at radius 3 is 2.80 bits per heavy atom. The highest BCUT2D eigenvalue weighted by molar-refractivity contribution is 6.09. The maximum absolute atomic E-state index is 11.2. The van der Waals surface area contributed by atoms with Gasteiger partial charge in [-0.2, -0.15) is 0 Å². The van der Waals surface area contributed by atoms with Crippen LogP contribution in [0.15, 0.2) is 55.1 Å². The minimum Gasteiger partial charge on any atom is -0.491 e. The van der Waals surface area contributed by atoms with Gasteiger partial charge >= 0.3 is 0 Å². The highest BCUT2D eigenvalue weighted by Gasteiger charge is 2.08. The van der Waals surface area contributed by atoms with Crippen molar-refractivity contribution in [2.24, 2.45) is 0 Å². The molecule has 0 atom stereocenters. The third-order valence-corrected chi connectivity index (χ3v) is 3.34. The zero-order valence-corrected chi connectivity index (χ0v) is 11.1. The molecule has 0 aliphatic heterocycles. The molecule has 0 unspecified atom stereocenters. The van der Waals surface area contributed by atoms with Gasteiger partial charge in [-0.1, -0.05) is 36.9 Å². The van der Waals surface area contributed by atoms with Crippen LogP contribution in [0.1, 0.15) is 6.42 Å². The molecule has 20 heavy (non-hydrogen) atoms. The maximum Gasteiger partial charge on any atom is 0.158 e. The monoisotopic (exact) mass is 265 g/mol. The predicted octanol–water partition coefficient (Wildman–Crippen LogP) is 3.85. The zero-order valence-electron chi connectivity index (χ0n) is 11.1. The number of carbonyl (C=O) groups is 1. The topological polar surface area (TPSA) is 42.1 Å².